The van der Waals surface area contributed by atoms with Gasteiger partial charge < -0.3 is 10.1 Å². The lowest BCUT2D eigenvalue weighted by atomic mass is 10.2. The summed E-state index contributed by atoms with van der Waals surface area (Å²) >= 11 is 1.43. The molecule has 1 aliphatic rings. The summed E-state index contributed by atoms with van der Waals surface area (Å²) < 4.78 is 18.7. The van der Waals surface area contributed by atoms with Gasteiger partial charge in [-0.15, -0.1) is 11.3 Å². The zero-order chi connectivity index (χ0) is 17.9. The van der Waals surface area contributed by atoms with Crippen molar-refractivity contribution in [2.45, 2.75) is 25.5 Å². The van der Waals surface area contributed by atoms with Gasteiger partial charge in [0.05, 0.1) is 0 Å². The first-order valence-corrected chi connectivity index (χ1v) is 9.29. The molecule has 4 rings (SSSR count). The van der Waals surface area contributed by atoms with Crippen molar-refractivity contribution in [1.29, 1.82) is 0 Å². The lowest BCUT2D eigenvalue weighted by Crippen LogP contribution is -2.25. The van der Waals surface area contributed by atoms with Gasteiger partial charge in [-0.05, 0) is 42.7 Å². The molecule has 0 spiro atoms. The van der Waals surface area contributed by atoms with Crippen LogP contribution in [0.25, 0.3) is 10.6 Å². The predicted molar refractivity (Wildman–Crippen MR) is 98.8 cm³/mol. The highest BCUT2D eigenvalue weighted by Gasteiger charge is 2.24. The highest BCUT2D eigenvalue weighted by Crippen LogP contribution is 2.28. The SMILES string of the molecule is O=C(NC1CC1)c1csc(-c2cccc(OCc3ccc(F)cc3)c2)n1. The molecule has 132 valence electrons. The molecule has 0 unspecified atom stereocenters. The van der Waals surface area contributed by atoms with Crippen molar-refractivity contribution in [2.24, 2.45) is 0 Å². The Balaban J connectivity index is 1.44. The van der Waals surface area contributed by atoms with Gasteiger partial charge in [-0.3, -0.25) is 4.79 Å². The number of hydrogen-bond donors (Lipinski definition) is 1. The van der Waals surface area contributed by atoms with Gasteiger partial charge in [-0.25, -0.2) is 9.37 Å². The van der Waals surface area contributed by atoms with E-state index in [-0.39, 0.29) is 11.7 Å². The first kappa shape index (κ1) is 16.7. The molecule has 1 N–H and O–H groups in total. The predicted octanol–water partition coefficient (Wildman–Crippen LogP) is 4.42. The van der Waals surface area contributed by atoms with E-state index in [1.54, 1.807) is 17.5 Å². The number of carbonyl (C=O) groups is 1. The third-order valence-electron chi connectivity index (χ3n) is 4.05. The second kappa shape index (κ2) is 7.25. The topological polar surface area (TPSA) is 51.2 Å². The number of amides is 1. The average Bonchev–Trinajstić information content (AvgIpc) is 3.33. The third kappa shape index (κ3) is 4.08. The first-order chi connectivity index (χ1) is 12.7. The fourth-order valence-electron chi connectivity index (χ4n) is 2.46. The minimum absolute atomic E-state index is 0.112. The molecule has 2 aromatic carbocycles. The Labute approximate surface area is 154 Å². The molecule has 0 bridgehead atoms. The fourth-order valence-corrected chi connectivity index (χ4v) is 3.26. The molecule has 0 saturated heterocycles. The van der Waals surface area contributed by atoms with Crippen LogP contribution >= 0.6 is 11.3 Å². The average molecular weight is 368 g/mol. The largest absolute Gasteiger partial charge is 0.489 e. The third-order valence-corrected chi connectivity index (χ3v) is 4.94. The first-order valence-electron chi connectivity index (χ1n) is 8.41. The Morgan fingerprint density at radius 1 is 1.23 bits per heavy atom. The molecule has 3 aromatic rings. The van der Waals surface area contributed by atoms with Gasteiger partial charge in [0, 0.05) is 17.0 Å². The molecule has 4 nitrogen and oxygen atoms in total. The maximum Gasteiger partial charge on any atom is 0.270 e. The van der Waals surface area contributed by atoms with Crippen molar-refractivity contribution in [3.05, 3.63) is 71.0 Å². The van der Waals surface area contributed by atoms with E-state index in [1.807, 2.05) is 24.3 Å². The second-order valence-corrected chi connectivity index (χ2v) is 7.09. The Hall–Kier alpha value is -2.73. The smallest absolute Gasteiger partial charge is 0.270 e. The van der Waals surface area contributed by atoms with E-state index in [4.69, 9.17) is 4.74 Å². The molecule has 26 heavy (non-hydrogen) atoms. The van der Waals surface area contributed by atoms with Crippen molar-refractivity contribution >= 4 is 17.2 Å². The van der Waals surface area contributed by atoms with Crippen LogP contribution in [0.15, 0.2) is 53.9 Å². The summed E-state index contributed by atoms with van der Waals surface area (Å²) in [5.41, 5.74) is 2.25. The number of ether oxygens (including phenoxy) is 1. The number of nitrogens with one attached hydrogen (secondary N) is 1. The van der Waals surface area contributed by atoms with Gasteiger partial charge in [0.2, 0.25) is 0 Å². The van der Waals surface area contributed by atoms with Crippen LogP contribution in [0, 0.1) is 5.82 Å². The second-order valence-electron chi connectivity index (χ2n) is 6.23. The van der Waals surface area contributed by atoms with Gasteiger partial charge >= 0.3 is 0 Å². The summed E-state index contributed by atoms with van der Waals surface area (Å²) in [7, 11) is 0. The molecule has 6 heteroatoms. The normalized spacial score (nSPS) is 13.4. The van der Waals surface area contributed by atoms with E-state index in [0.29, 0.717) is 24.1 Å². The van der Waals surface area contributed by atoms with E-state index in [1.165, 1.54) is 23.5 Å². The number of aromatic nitrogens is 1. The molecule has 1 aliphatic carbocycles. The van der Waals surface area contributed by atoms with Gasteiger partial charge in [0.15, 0.2) is 0 Å². The van der Waals surface area contributed by atoms with Crippen LogP contribution in [0.5, 0.6) is 5.75 Å². The van der Waals surface area contributed by atoms with Gasteiger partial charge in [-0.1, -0.05) is 24.3 Å². The molecule has 1 fully saturated rings. The summed E-state index contributed by atoms with van der Waals surface area (Å²) in [5, 5.41) is 5.50. The quantitative estimate of drug-likeness (QED) is 0.701. The number of thiazole rings is 1. The Kier molecular flexibility index (Phi) is 4.67. The van der Waals surface area contributed by atoms with Gasteiger partial charge in [0.1, 0.15) is 28.9 Å². The number of benzene rings is 2. The molecule has 0 aliphatic heterocycles. The lowest BCUT2D eigenvalue weighted by Gasteiger charge is -2.07. The summed E-state index contributed by atoms with van der Waals surface area (Å²) in [6.07, 6.45) is 2.10. The van der Waals surface area contributed by atoms with Crippen LogP contribution in [-0.2, 0) is 6.61 Å². The maximum absolute atomic E-state index is 12.9. The van der Waals surface area contributed by atoms with Crippen LogP contribution in [0.4, 0.5) is 4.39 Å². The van der Waals surface area contributed by atoms with Crippen molar-refractivity contribution in [1.82, 2.24) is 10.3 Å². The van der Waals surface area contributed by atoms with Crippen LogP contribution in [0.1, 0.15) is 28.9 Å². The number of nitrogens with zero attached hydrogens (tertiary/aromatic N) is 1. The number of hydrogen-bond acceptors (Lipinski definition) is 4. The molecule has 0 radical (unpaired) electrons. The Morgan fingerprint density at radius 3 is 2.81 bits per heavy atom. The summed E-state index contributed by atoms with van der Waals surface area (Å²) in [5.74, 6) is 0.325. The number of carbonyl (C=O) groups excluding carboxylic acids is 1. The molecular formula is C20H17FN2O2S. The number of rotatable bonds is 6. The maximum atomic E-state index is 12.9. The highest BCUT2D eigenvalue weighted by molar-refractivity contribution is 7.13. The Bertz CT molecular complexity index is 920. The minimum Gasteiger partial charge on any atom is -0.489 e. The molecule has 1 saturated carbocycles. The van der Waals surface area contributed by atoms with Crippen molar-refractivity contribution in [2.75, 3.05) is 0 Å². The van der Waals surface area contributed by atoms with Gasteiger partial charge in [-0.2, -0.15) is 0 Å². The zero-order valence-corrected chi connectivity index (χ0v) is 14.8. The van der Waals surface area contributed by atoms with Gasteiger partial charge in [0.25, 0.3) is 5.91 Å². The van der Waals surface area contributed by atoms with E-state index >= 15 is 0 Å². The van der Waals surface area contributed by atoms with E-state index in [9.17, 15) is 9.18 Å². The minimum atomic E-state index is -0.263. The lowest BCUT2D eigenvalue weighted by molar-refractivity contribution is 0.0947. The van der Waals surface area contributed by atoms with Crippen LogP contribution in [-0.4, -0.2) is 16.9 Å². The monoisotopic (exact) mass is 368 g/mol. The number of halogens is 1. The van der Waals surface area contributed by atoms with Crippen molar-refractivity contribution in [3.8, 4) is 16.3 Å². The van der Waals surface area contributed by atoms with E-state index in [0.717, 1.165) is 29.0 Å². The van der Waals surface area contributed by atoms with Crippen molar-refractivity contribution in [3.63, 3.8) is 0 Å². The highest BCUT2D eigenvalue weighted by atomic mass is 32.1. The molecular weight excluding hydrogens is 351 g/mol. The van der Waals surface area contributed by atoms with E-state index in [2.05, 4.69) is 10.3 Å². The summed E-state index contributed by atoms with van der Waals surface area (Å²) in [6.45, 7) is 0.358. The van der Waals surface area contributed by atoms with Crippen LogP contribution in [0.3, 0.4) is 0 Å². The van der Waals surface area contributed by atoms with Crippen LogP contribution < -0.4 is 10.1 Å². The zero-order valence-electron chi connectivity index (χ0n) is 13.9. The molecule has 1 aromatic heterocycles. The standard InChI is InChI=1S/C20H17FN2O2S/c21-15-6-4-13(5-7-15)11-25-17-3-1-2-14(10-17)20-23-18(12-26-20)19(24)22-16-8-9-16/h1-7,10,12,16H,8-9,11H2,(H,22,24). The summed E-state index contributed by atoms with van der Waals surface area (Å²) in [4.78, 5) is 16.5. The molecule has 0 atom stereocenters. The van der Waals surface area contributed by atoms with E-state index < -0.39 is 0 Å². The van der Waals surface area contributed by atoms with Crippen LogP contribution in [0.2, 0.25) is 0 Å². The molecule has 1 amide bonds. The molecule has 1 heterocycles. The Morgan fingerprint density at radius 2 is 2.04 bits per heavy atom. The van der Waals surface area contributed by atoms with Crippen molar-refractivity contribution < 1.29 is 13.9 Å². The summed E-state index contributed by atoms with van der Waals surface area (Å²) in [6, 6.07) is 14.1. The fraction of sp³-hybridized carbons (Fsp3) is 0.200.